The van der Waals surface area contributed by atoms with Crippen molar-refractivity contribution in [1.29, 1.82) is 0 Å². The number of esters is 1. The molecule has 0 radical (unpaired) electrons. The number of hydrogen-bond donors (Lipinski definition) is 1. The van der Waals surface area contributed by atoms with Gasteiger partial charge < -0.3 is 10.1 Å². The zero-order valence-corrected chi connectivity index (χ0v) is 19.0. The summed E-state index contributed by atoms with van der Waals surface area (Å²) < 4.78 is 43.4. The number of carbonyl (C=O) groups excluding carboxylic acids is 4. The van der Waals surface area contributed by atoms with Gasteiger partial charge in [-0.15, -0.1) is 0 Å². The lowest BCUT2D eigenvalue weighted by Crippen LogP contribution is -2.33. The summed E-state index contributed by atoms with van der Waals surface area (Å²) in [7, 11) is 0. The molecule has 2 fully saturated rings. The van der Waals surface area contributed by atoms with Crippen molar-refractivity contribution in [1.82, 2.24) is 0 Å². The number of rotatable bonds is 5. The van der Waals surface area contributed by atoms with Crippen LogP contribution in [-0.4, -0.2) is 30.3 Å². The van der Waals surface area contributed by atoms with Gasteiger partial charge >= 0.3 is 12.1 Å². The fraction of sp³-hybridized carbons (Fsp3) is 0.308. The van der Waals surface area contributed by atoms with Crippen LogP contribution in [0.3, 0.4) is 0 Å². The Morgan fingerprint density at radius 1 is 1.06 bits per heavy atom. The molecule has 36 heavy (non-hydrogen) atoms. The van der Waals surface area contributed by atoms with Gasteiger partial charge in [0.05, 0.1) is 28.7 Å². The molecule has 0 aromatic heterocycles. The standard InChI is InChI=1S/C26H21F3N2O5/c1-13-9-15-10-19(13)22-21(15)23(33)31(24(22)34)18-7-5-14(6-8-18)25(35)36-12-20(32)30-17-4-2-3-16(11-17)26(27,28)29/h2-9,11,15,19,21-22H,10,12H2,1H3,(H,30,32)/t15-,19+,21+,22-/m0/s1. The van der Waals surface area contributed by atoms with Crippen molar-refractivity contribution in [3.05, 3.63) is 71.3 Å². The highest BCUT2D eigenvalue weighted by molar-refractivity contribution is 6.23. The van der Waals surface area contributed by atoms with E-state index in [9.17, 15) is 32.3 Å². The van der Waals surface area contributed by atoms with Gasteiger partial charge in [-0.1, -0.05) is 17.7 Å². The number of carbonyl (C=O) groups is 4. The van der Waals surface area contributed by atoms with Crippen LogP contribution in [-0.2, 0) is 25.3 Å². The first-order valence-electron chi connectivity index (χ1n) is 11.3. The second-order valence-electron chi connectivity index (χ2n) is 9.23. The summed E-state index contributed by atoms with van der Waals surface area (Å²) in [5.41, 5.74) is 0.589. The highest BCUT2D eigenvalue weighted by atomic mass is 19.4. The Kier molecular flexibility index (Phi) is 5.69. The number of anilines is 2. The van der Waals surface area contributed by atoms with Crippen LogP contribution in [0, 0.1) is 23.7 Å². The van der Waals surface area contributed by atoms with Crippen molar-refractivity contribution in [3.63, 3.8) is 0 Å². The van der Waals surface area contributed by atoms with Gasteiger partial charge in [0.1, 0.15) is 0 Å². The van der Waals surface area contributed by atoms with Crippen LogP contribution in [0.5, 0.6) is 0 Å². The first kappa shape index (κ1) is 23.8. The second kappa shape index (κ2) is 8.61. The maximum Gasteiger partial charge on any atom is 0.416 e. The van der Waals surface area contributed by atoms with Crippen LogP contribution in [0.1, 0.15) is 29.3 Å². The van der Waals surface area contributed by atoms with E-state index in [-0.39, 0.29) is 46.7 Å². The average Bonchev–Trinajstić information content (AvgIpc) is 3.47. The third kappa shape index (κ3) is 4.06. The fourth-order valence-corrected chi connectivity index (χ4v) is 5.46. The molecule has 5 rings (SSSR count). The molecule has 3 aliphatic rings. The molecule has 186 valence electrons. The first-order chi connectivity index (χ1) is 17.0. The summed E-state index contributed by atoms with van der Waals surface area (Å²) in [6.45, 7) is 1.28. The molecule has 2 bridgehead atoms. The fourth-order valence-electron chi connectivity index (χ4n) is 5.46. The average molecular weight is 498 g/mol. The maximum absolute atomic E-state index is 13.0. The van der Waals surface area contributed by atoms with Gasteiger partial charge in [0.2, 0.25) is 11.8 Å². The topological polar surface area (TPSA) is 92.8 Å². The monoisotopic (exact) mass is 498 g/mol. The molecule has 1 N–H and O–H groups in total. The number of alkyl halides is 3. The third-order valence-corrected chi connectivity index (χ3v) is 7.05. The molecular formula is C26H21F3N2O5. The summed E-state index contributed by atoms with van der Waals surface area (Å²) in [6.07, 6.45) is -1.64. The predicted molar refractivity (Wildman–Crippen MR) is 122 cm³/mol. The summed E-state index contributed by atoms with van der Waals surface area (Å²) in [4.78, 5) is 51.6. The largest absolute Gasteiger partial charge is 0.452 e. The van der Waals surface area contributed by atoms with E-state index in [1.54, 1.807) is 0 Å². The van der Waals surface area contributed by atoms with E-state index in [0.29, 0.717) is 5.69 Å². The van der Waals surface area contributed by atoms with Gasteiger partial charge in [0, 0.05) is 5.69 Å². The van der Waals surface area contributed by atoms with Crippen molar-refractivity contribution in [3.8, 4) is 0 Å². The predicted octanol–water partition coefficient (Wildman–Crippen LogP) is 4.20. The minimum absolute atomic E-state index is 0.0813. The van der Waals surface area contributed by atoms with Crippen LogP contribution in [0.15, 0.2) is 60.2 Å². The third-order valence-electron chi connectivity index (χ3n) is 7.05. The molecule has 0 unspecified atom stereocenters. The van der Waals surface area contributed by atoms with Crippen molar-refractivity contribution in [2.45, 2.75) is 19.5 Å². The quantitative estimate of drug-likeness (QED) is 0.379. The van der Waals surface area contributed by atoms with Gasteiger partial charge in [-0.2, -0.15) is 13.2 Å². The van der Waals surface area contributed by atoms with Crippen LogP contribution < -0.4 is 10.2 Å². The van der Waals surface area contributed by atoms with Gasteiger partial charge in [-0.05, 0) is 67.6 Å². The van der Waals surface area contributed by atoms with E-state index in [0.717, 1.165) is 30.2 Å². The minimum atomic E-state index is -4.56. The maximum atomic E-state index is 13.0. The Hall–Kier alpha value is -3.95. The van der Waals surface area contributed by atoms with E-state index in [1.165, 1.54) is 35.2 Å². The number of nitrogens with zero attached hydrogens (tertiary/aromatic N) is 1. The van der Waals surface area contributed by atoms with E-state index in [1.807, 2.05) is 6.92 Å². The number of allylic oxidation sites excluding steroid dienone is 2. The number of hydrogen-bond acceptors (Lipinski definition) is 5. The molecule has 2 aliphatic carbocycles. The number of imide groups is 1. The molecule has 4 atom stereocenters. The smallest absolute Gasteiger partial charge is 0.416 e. The lowest BCUT2D eigenvalue weighted by atomic mass is 9.82. The van der Waals surface area contributed by atoms with Crippen molar-refractivity contribution < 1.29 is 37.1 Å². The van der Waals surface area contributed by atoms with Gasteiger partial charge in [0.25, 0.3) is 5.91 Å². The van der Waals surface area contributed by atoms with E-state index in [2.05, 4.69) is 11.4 Å². The summed E-state index contributed by atoms with van der Waals surface area (Å²) >= 11 is 0. The molecule has 1 saturated carbocycles. The number of halogens is 3. The molecule has 1 heterocycles. The highest BCUT2D eigenvalue weighted by Gasteiger charge is 2.60. The molecule has 3 amide bonds. The van der Waals surface area contributed by atoms with Gasteiger partial charge in [-0.25, -0.2) is 4.79 Å². The SMILES string of the molecule is CC1=C[C@H]2C[C@H]1[C@@H]1C(=O)N(c3ccc(C(=O)OCC(=O)Nc4cccc(C(F)(F)F)c4)cc3)C(=O)[C@@H]12. The molecular weight excluding hydrogens is 477 g/mol. The zero-order valence-electron chi connectivity index (χ0n) is 19.0. The van der Waals surface area contributed by atoms with Gasteiger partial charge in [0.15, 0.2) is 6.61 Å². The molecule has 0 spiro atoms. The summed E-state index contributed by atoms with van der Waals surface area (Å²) in [5.74, 6) is -2.62. The Morgan fingerprint density at radius 3 is 2.44 bits per heavy atom. The summed E-state index contributed by atoms with van der Waals surface area (Å²) in [6, 6.07) is 9.79. The van der Waals surface area contributed by atoms with Crippen LogP contribution in [0.4, 0.5) is 24.5 Å². The number of benzene rings is 2. The van der Waals surface area contributed by atoms with Crippen molar-refractivity contribution in [2.75, 3.05) is 16.8 Å². The number of amides is 3. The number of ether oxygens (including phenoxy) is 1. The van der Waals surface area contributed by atoms with Crippen LogP contribution >= 0.6 is 0 Å². The van der Waals surface area contributed by atoms with E-state index >= 15 is 0 Å². The van der Waals surface area contributed by atoms with Gasteiger partial charge in [-0.3, -0.25) is 19.3 Å². The molecule has 10 heteroatoms. The second-order valence-corrected chi connectivity index (χ2v) is 9.23. The van der Waals surface area contributed by atoms with E-state index < -0.39 is 30.2 Å². The van der Waals surface area contributed by atoms with Crippen molar-refractivity contribution in [2.24, 2.45) is 23.7 Å². The lowest BCUT2D eigenvalue weighted by Gasteiger charge is -2.19. The number of fused-ring (bicyclic) bond motifs is 5. The first-order valence-corrected chi connectivity index (χ1v) is 11.3. The molecule has 2 aromatic carbocycles. The number of nitrogens with one attached hydrogen (secondary N) is 1. The minimum Gasteiger partial charge on any atom is -0.452 e. The Bertz CT molecular complexity index is 1300. The van der Waals surface area contributed by atoms with Crippen molar-refractivity contribution >= 4 is 35.1 Å². The normalized spacial score (nSPS) is 24.6. The molecule has 1 aliphatic heterocycles. The Labute approximate surface area is 203 Å². The Balaban J connectivity index is 1.19. The highest BCUT2D eigenvalue weighted by Crippen LogP contribution is 2.55. The van der Waals surface area contributed by atoms with E-state index in [4.69, 9.17) is 4.74 Å². The molecule has 7 nitrogen and oxygen atoms in total. The molecule has 1 saturated heterocycles. The lowest BCUT2D eigenvalue weighted by molar-refractivity contribution is -0.137. The summed E-state index contributed by atoms with van der Waals surface area (Å²) in [5, 5.41) is 2.25. The zero-order chi connectivity index (χ0) is 25.8. The van der Waals surface area contributed by atoms with Crippen LogP contribution in [0.2, 0.25) is 0 Å². The molecule has 2 aromatic rings. The van der Waals surface area contributed by atoms with Crippen LogP contribution in [0.25, 0.3) is 0 Å². The Morgan fingerprint density at radius 2 is 1.75 bits per heavy atom.